The van der Waals surface area contributed by atoms with Crippen LogP contribution in [0.1, 0.15) is 6.42 Å². The van der Waals surface area contributed by atoms with Gasteiger partial charge in [-0.25, -0.2) is 0 Å². The van der Waals surface area contributed by atoms with E-state index >= 15 is 0 Å². The topological polar surface area (TPSA) is 66.5 Å². The monoisotopic (exact) mass is 224 g/mol. The minimum Gasteiger partial charge on any atom is -0.324 e. The summed E-state index contributed by atoms with van der Waals surface area (Å²) in [6.07, 6.45) is -6.29. The van der Waals surface area contributed by atoms with Crippen molar-refractivity contribution in [3.8, 4) is 0 Å². The van der Waals surface area contributed by atoms with Gasteiger partial charge in [0.2, 0.25) is 17.7 Å². The van der Waals surface area contributed by atoms with E-state index in [1.807, 2.05) is 5.32 Å². The summed E-state index contributed by atoms with van der Waals surface area (Å²) >= 11 is 0. The molecule has 1 N–H and O–H groups in total. The zero-order chi connectivity index (χ0) is 11.6. The number of hydrogen-bond donors (Lipinski definition) is 1. The lowest BCUT2D eigenvalue weighted by Gasteiger charge is -2.25. The van der Waals surface area contributed by atoms with Crippen molar-refractivity contribution in [1.29, 1.82) is 0 Å². The van der Waals surface area contributed by atoms with Crippen LogP contribution in [0.2, 0.25) is 0 Å². The van der Waals surface area contributed by atoms with E-state index in [0.717, 1.165) is 0 Å². The third kappa shape index (κ3) is 3.56. The molecule has 0 unspecified atom stereocenters. The molecule has 15 heavy (non-hydrogen) atoms. The standard InChI is InChI=1S/C7H7F3N2O3/c8-7(9,10)1-6(15)12-2-4(13)11-5(14)3-12/h1-3H2,(H,11,13,14). The van der Waals surface area contributed by atoms with E-state index in [2.05, 4.69) is 0 Å². The van der Waals surface area contributed by atoms with Crippen LogP contribution in [-0.2, 0) is 14.4 Å². The molecule has 0 aromatic rings. The molecule has 84 valence electrons. The van der Waals surface area contributed by atoms with Crippen molar-refractivity contribution in [3.63, 3.8) is 0 Å². The summed E-state index contributed by atoms with van der Waals surface area (Å²) in [7, 11) is 0. The van der Waals surface area contributed by atoms with Crippen molar-refractivity contribution in [2.45, 2.75) is 12.6 Å². The Bertz CT molecular complexity index is 297. The summed E-state index contributed by atoms with van der Waals surface area (Å²) in [6, 6.07) is 0. The molecular weight excluding hydrogens is 217 g/mol. The predicted octanol–water partition coefficient (Wildman–Crippen LogP) is -0.576. The number of imide groups is 1. The van der Waals surface area contributed by atoms with Crippen LogP contribution in [0.25, 0.3) is 0 Å². The van der Waals surface area contributed by atoms with Crippen LogP contribution in [-0.4, -0.2) is 41.9 Å². The predicted molar refractivity (Wildman–Crippen MR) is 40.4 cm³/mol. The lowest BCUT2D eigenvalue weighted by Crippen LogP contribution is -2.53. The number of carbonyl (C=O) groups is 3. The highest BCUT2D eigenvalue weighted by Crippen LogP contribution is 2.20. The van der Waals surface area contributed by atoms with Crippen LogP contribution in [0.15, 0.2) is 0 Å². The van der Waals surface area contributed by atoms with Crippen molar-refractivity contribution < 1.29 is 27.6 Å². The number of piperazine rings is 1. The van der Waals surface area contributed by atoms with Gasteiger partial charge < -0.3 is 4.90 Å². The molecule has 0 aromatic heterocycles. The van der Waals surface area contributed by atoms with Crippen molar-refractivity contribution in [3.05, 3.63) is 0 Å². The van der Waals surface area contributed by atoms with Crippen LogP contribution in [0.4, 0.5) is 13.2 Å². The molecule has 0 aromatic carbocycles. The first-order chi connectivity index (χ1) is 6.78. The van der Waals surface area contributed by atoms with Gasteiger partial charge in [0.1, 0.15) is 19.5 Å². The van der Waals surface area contributed by atoms with Crippen LogP contribution < -0.4 is 5.32 Å². The summed E-state index contributed by atoms with van der Waals surface area (Å²) < 4.78 is 35.5. The Morgan fingerprint density at radius 3 is 2.13 bits per heavy atom. The summed E-state index contributed by atoms with van der Waals surface area (Å²) in [5.41, 5.74) is 0. The maximum atomic E-state index is 11.8. The number of amides is 3. The van der Waals surface area contributed by atoms with Gasteiger partial charge in [-0.1, -0.05) is 0 Å². The SMILES string of the molecule is O=C1CN(C(=O)CC(F)(F)F)CC(=O)N1. The van der Waals surface area contributed by atoms with E-state index in [9.17, 15) is 27.6 Å². The number of halogens is 3. The molecule has 3 amide bonds. The van der Waals surface area contributed by atoms with Crippen LogP contribution in [0, 0.1) is 0 Å². The van der Waals surface area contributed by atoms with Gasteiger partial charge in [-0.15, -0.1) is 0 Å². The van der Waals surface area contributed by atoms with Crippen LogP contribution in [0.5, 0.6) is 0 Å². The molecule has 0 saturated carbocycles. The average Bonchev–Trinajstić information content (AvgIpc) is 1.98. The second kappa shape index (κ2) is 3.87. The second-order valence-electron chi connectivity index (χ2n) is 3.01. The fourth-order valence-electron chi connectivity index (χ4n) is 1.10. The highest BCUT2D eigenvalue weighted by atomic mass is 19.4. The van der Waals surface area contributed by atoms with Crippen molar-refractivity contribution in [1.82, 2.24) is 10.2 Å². The Morgan fingerprint density at radius 2 is 1.73 bits per heavy atom. The first kappa shape index (κ1) is 11.5. The van der Waals surface area contributed by atoms with Crippen molar-refractivity contribution in [2.24, 2.45) is 0 Å². The van der Waals surface area contributed by atoms with E-state index in [-0.39, 0.29) is 0 Å². The third-order valence-electron chi connectivity index (χ3n) is 1.65. The number of nitrogens with zero attached hydrogens (tertiary/aromatic N) is 1. The fraction of sp³-hybridized carbons (Fsp3) is 0.571. The molecule has 0 spiro atoms. The van der Waals surface area contributed by atoms with Gasteiger partial charge in [-0.05, 0) is 0 Å². The molecule has 1 aliphatic rings. The number of nitrogens with one attached hydrogen (secondary N) is 1. The molecule has 5 nitrogen and oxygen atoms in total. The molecular formula is C7H7F3N2O3. The molecule has 0 bridgehead atoms. The fourth-order valence-corrected chi connectivity index (χ4v) is 1.10. The lowest BCUT2D eigenvalue weighted by atomic mass is 10.3. The molecule has 1 heterocycles. The van der Waals surface area contributed by atoms with Gasteiger partial charge in [0.15, 0.2) is 0 Å². The maximum Gasteiger partial charge on any atom is 0.397 e. The Hall–Kier alpha value is -1.60. The largest absolute Gasteiger partial charge is 0.397 e. The number of hydrogen-bond acceptors (Lipinski definition) is 3. The maximum absolute atomic E-state index is 11.8. The molecule has 0 radical (unpaired) electrons. The Morgan fingerprint density at radius 1 is 1.27 bits per heavy atom. The van der Waals surface area contributed by atoms with Crippen LogP contribution >= 0.6 is 0 Å². The zero-order valence-corrected chi connectivity index (χ0v) is 7.43. The smallest absolute Gasteiger partial charge is 0.324 e. The Labute approximate surface area is 82.2 Å². The first-order valence-electron chi connectivity index (χ1n) is 3.95. The molecule has 8 heteroatoms. The summed E-state index contributed by atoms with van der Waals surface area (Å²) in [5.74, 6) is -2.82. The van der Waals surface area contributed by atoms with Crippen molar-refractivity contribution >= 4 is 17.7 Å². The van der Waals surface area contributed by atoms with Crippen molar-refractivity contribution in [2.75, 3.05) is 13.1 Å². The van der Waals surface area contributed by atoms with Gasteiger partial charge in [-0.2, -0.15) is 13.2 Å². The first-order valence-corrected chi connectivity index (χ1v) is 3.95. The average molecular weight is 224 g/mol. The van der Waals surface area contributed by atoms with E-state index in [4.69, 9.17) is 0 Å². The highest BCUT2D eigenvalue weighted by Gasteiger charge is 2.36. The van der Waals surface area contributed by atoms with Gasteiger partial charge in [0, 0.05) is 0 Å². The summed E-state index contributed by atoms with van der Waals surface area (Å²) in [6.45, 7) is -1.03. The third-order valence-corrected chi connectivity index (χ3v) is 1.65. The Kier molecular flexibility index (Phi) is 2.96. The van der Waals surface area contributed by atoms with Gasteiger partial charge >= 0.3 is 6.18 Å². The molecule has 1 rings (SSSR count). The summed E-state index contributed by atoms with van der Waals surface area (Å²) in [5, 5.41) is 1.87. The van der Waals surface area contributed by atoms with E-state index in [0.29, 0.717) is 4.90 Å². The summed E-state index contributed by atoms with van der Waals surface area (Å²) in [4.78, 5) is 33.1. The second-order valence-corrected chi connectivity index (χ2v) is 3.01. The zero-order valence-electron chi connectivity index (χ0n) is 7.43. The van der Waals surface area contributed by atoms with E-state index < -0.39 is 43.4 Å². The van der Waals surface area contributed by atoms with E-state index in [1.165, 1.54) is 0 Å². The number of alkyl halides is 3. The molecule has 0 aliphatic carbocycles. The van der Waals surface area contributed by atoms with Crippen LogP contribution in [0.3, 0.4) is 0 Å². The normalized spacial score (nSPS) is 17.7. The van der Waals surface area contributed by atoms with E-state index in [1.54, 1.807) is 0 Å². The van der Waals surface area contributed by atoms with Gasteiger partial charge in [-0.3, -0.25) is 19.7 Å². The van der Waals surface area contributed by atoms with Gasteiger partial charge in [0.05, 0.1) is 0 Å². The molecule has 1 fully saturated rings. The molecule has 1 aliphatic heterocycles. The highest BCUT2D eigenvalue weighted by molar-refractivity contribution is 6.02. The Balaban J connectivity index is 2.60. The van der Waals surface area contributed by atoms with Gasteiger partial charge in [0.25, 0.3) is 0 Å². The molecule has 0 atom stereocenters. The minimum absolute atomic E-state index is 0.513. The quantitative estimate of drug-likeness (QED) is 0.606. The minimum atomic E-state index is -4.63. The number of carbonyl (C=O) groups excluding carboxylic acids is 3. The molecule has 1 saturated heterocycles. The lowest BCUT2D eigenvalue weighted by molar-refractivity contribution is -0.165. The number of rotatable bonds is 1.